The summed E-state index contributed by atoms with van der Waals surface area (Å²) < 4.78 is 5.38. The molecule has 0 aromatic heterocycles. The fraction of sp³-hybridized carbons (Fsp3) is 0.529. The van der Waals surface area contributed by atoms with Crippen molar-refractivity contribution in [2.75, 3.05) is 26.2 Å². The Morgan fingerprint density at radius 1 is 1.25 bits per heavy atom. The Bertz CT molecular complexity index is 518. The minimum atomic E-state index is -0.506. The van der Waals surface area contributed by atoms with Crippen LogP contribution >= 0.6 is 0 Å². The van der Waals surface area contributed by atoms with Crippen LogP contribution < -0.4 is 36.0 Å². The van der Waals surface area contributed by atoms with E-state index in [1.54, 1.807) is 0 Å². The second-order valence-corrected chi connectivity index (χ2v) is 5.92. The molecular formula is C17H27Cl2N3O2. The Kier molecular flexibility index (Phi) is 10.2. The Balaban J connectivity index is 0.00000264. The van der Waals surface area contributed by atoms with Gasteiger partial charge in [-0.15, -0.1) is 0 Å². The van der Waals surface area contributed by atoms with Gasteiger partial charge in [0.25, 0.3) is 0 Å². The molecule has 1 aliphatic rings. The third-order valence-electron chi connectivity index (χ3n) is 4.45. The van der Waals surface area contributed by atoms with E-state index in [1.165, 1.54) is 0 Å². The molecule has 0 aliphatic carbocycles. The predicted octanol–water partition coefficient (Wildman–Crippen LogP) is -6.62. The lowest BCUT2D eigenvalue weighted by Gasteiger charge is -2.40. The van der Waals surface area contributed by atoms with Crippen LogP contribution in [0.2, 0.25) is 0 Å². The summed E-state index contributed by atoms with van der Waals surface area (Å²) in [6, 6.07) is 10.0. The number of likely N-dealkylation sites (tertiary alicyclic amines) is 1. The quantitative estimate of drug-likeness (QED) is 0.294. The van der Waals surface area contributed by atoms with Gasteiger partial charge in [0.2, 0.25) is 0 Å². The lowest BCUT2D eigenvalue weighted by Crippen LogP contribution is -3.00. The highest BCUT2D eigenvalue weighted by Gasteiger charge is 2.44. The van der Waals surface area contributed by atoms with Crippen molar-refractivity contribution in [3.8, 4) is 0 Å². The third kappa shape index (κ3) is 5.45. The van der Waals surface area contributed by atoms with Gasteiger partial charge in [-0.05, 0) is 38.4 Å². The van der Waals surface area contributed by atoms with Gasteiger partial charge in [0.05, 0.1) is 18.4 Å². The molecule has 0 bridgehead atoms. The minimum absolute atomic E-state index is 0. The molecule has 0 unspecified atom stereocenters. The van der Waals surface area contributed by atoms with Gasteiger partial charge in [0.1, 0.15) is 0 Å². The summed E-state index contributed by atoms with van der Waals surface area (Å²) in [5.41, 5.74) is 4.30. The average Bonchev–Trinajstić information content (AvgIpc) is 2.54. The molecule has 0 atom stereocenters. The van der Waals surface area contributed by atoms with Gasteiger partial charge >= 0.3 is 11.8 Å². The second-order valence-electron chi connectivity index (χ2n) is 5.92. The number of halogens is 2. The molecule has 1 aromatic rings. The van der Waals surface area contributed by atoms with Crippen LogP contribution in [0.3, 0.4) is 0 Å². The van der Waals surface area contributed by atoms with Gasteiger partial charge < -0.3 is 34.5 Å². The van der Waals surface area contributed by atoms with Crippen molar-refractivity contribution in [2.45, 2.75) is 31.6 Å². The zero-order valence-corrected chi connectivity index (χ0v) is 15.7. The summed E-state index contributed by atoms with van der Waals surface area (Å²) in [6.45, 7) is 4.94. The molecule has 5 N–H and O–H groups in total. The molecule has 0 saturated carbocycles. The first-order valence-corrected chi connectivity index (χ1v) is 7.97. The number of piperidine rings is 1. The summed E-state index contributed by atoms with van der Waals surface area (Å²) in [6.07, 6.45) is 2.37. The van der Waals surface area contributed by atoms with Gasteiger partial charge in [-0.1, -0.05) is 30.3 Å². The molecule has 1 aromatic carbocycles. The highest BCUT2D eigenvalue weighted by molar-refractivity contribution is 5.83. The van der Waals surface area contributed by atoms with Gasteiger partial charge in [-0.2, -0.15) is 0 Å². The number of hydrogen-bond acceptors (Lipinski definition) is 3. The maximum Gasteiger partial charge on any atom is 0.331 e. The zero-order valence-electron chi connectivity index (χ0n) is 14.1. The van der Waals surface area contributed by atoms with Gasteiger partial charge in [0, 0.05) is 6.54 Å². The Labute approximate surface area is 156 Å². The SMILES string of the molecule is CCOC(=O)C1(c2ccccc2)CCN(CCC(=[NH2+])[NH3+])CC1.[Cl-].[Cl-]. The standard InChI is InChI=1S/C17H25N3O2.2ClH/c1-2-22-16(21)17(14-6-4-3-5-7-14)9-12-20(13-10-17)11-8-15(18)19;;/h3-7H,2,8-13H2,1H3,(H3,18,19);2*1H. The van der Waals surface area contributed by atoms with E-state index in [1.807, 2.05) is 37.3 Å². The molecule has 0 amide bonds. The maximum absolute atomic E-state index is 12.6. The fourth-order valence-electron chi connectivity index (χ4n) is 3.10. The molecule has 7 heteroatoms. The van der Waals surface area contributed by atoms with Crippen LogP contribution in [-0.2, 0) is 14.9 Å². The van der Waals surface area contributed by atoms with Crippen molar-refractivity contribution < 1.29 is 45.5 Å². The number of rotatable bonds is 6. The van der Waals surface area contributed by atoms with E-state index >= 15 is 0 Å². The van der Waals surface area contributed by atoms with E-state index in [9.17, 15) is 4.79 Å². The Morgan fingerprint density at radius 3 is 2.33 bits per heavy atom. The molecular weight excluding hydrogens is 349 g/mol. The molecule has 0 radical (unpaired) electrons. The highest BCUT2D eigenvalue weighted by Crippen LogP contribution is 2.36. The number of carbonyl (C=O) groups excluding carboxylic acids is 1. The maximum atomic E-state index is 12.6. The third-order valence-corrected chi connectivity index (χ3v) is 4.45. The highest BCUT2D eigenvalue weighted by atomic mass is 35.5. The summed E-state index contributed by atoms with van der Waals surface area (Å²) in [7, 11) is 0. The second kappa shape index (κ2) is 10.7. The van der Waals surface area contributed by atoms with Crippen LogP contribution in [0.25, 0.3) is 0 Å². The zero-order chi connectivity index (χ0) is 16.0. The van der Waals surface area contributed by atoms with Crippen molar-refractivity contribution in [3.05, 3.63) is 35.9 Å². The first kappa shape index (κ1) is 22.9. The predicted molar refractivity (Wildman–Crippen MR) is 84.9 cm³/mol. The number of esters is 1. The number of quaternary nitrogens is 1. The number of nitrogens with zero attached hydrogens (tertiary/aromatic N) is 1. The Morgan fingerprint density at radius 2 is 1.83 bits per heavy atom. The Hall–Kier alpha value is -1.14. The fourth-order valence-corrected chi connectivity index (χ4v) is 3.10. The van der Waals surface area contributed by atoms with E-state index < -0.39 is 5.41 Å². The number of hydrogen-bond donors (Lipinski definition) is 2. The number of ether oxygens (including phenoxy) is 1. The van der Waals surface area contributed by atoms with Crippen molar-refractivity contribution in [1.29, 1.82) is 0 Å². The van der Waals surface area contributed by atoms with Crippen LogP contribution in [0.5, 0.6) is 0 Å². The van der Waals surface area contributed by atoms with E-state index in [2.05, 4.69) is 10.6 Å². The number of benzene rings is 1. The molecule has 5 nitrogen and oxygen atoms in total. The summed E-state index contributed by atoms with van der Waals surface area (Å²) in [5, 5.41) is 5.65. The molecule has 1 aliphatic heterocycles. The van der Waals surface area contributed by atoms with Crippen molar-refractivity contribution in [2.24, 2.45) is 0 Å². The first-order valence-electron chi connectivity index (χ1n) is 7.97. The molecule has 0 spiro atoms. The number of carbonyl (C=O) groups is 1. The molecule has 2 rings (SSSR count). The summed E-state index contributed by atoms with van der Waals surface area (Å²) in [4.78, 5) is 15.0. The van der Waals surface area contributed by atoms with Crippen molar-refractivity contribution >= 4 is 11.8 Å². The largest absolute Gasteiger partial charge is 1.00 e. The van der Waals surface area contributed by atoms with Crippen molar-refractivity contribution in [3.63, 3.8) is 0 Å². The summed E-state index contributed by atoms with van der Waals surface area (Å²) in [5.74, 6) is 0.620. The topological polar surface area (TPSA) is 82.8 Å². The van der Waals surface area contributed by atoms with E-state index in [0.717, 1.165) is 44.5 Å². The normalized spacial score (nSPS) is 16.4. The number of amidine groups is 1. The monoisotopic (exact) mass is 375 g/mol. The van der Waals surface area contributed by atoms with Crippen LogP contribution in [0, 0.1) is 0 Å². The van der Waals surface area contributed by atoms with Crippen molar-refractivity contribution in [1.82, 2.24) is 4.90 Å². The lowest BCUT2D eigenvalue weighted by molar-refractivity contribution is -0.305. The molecule has 1 heterocycles. The van der Waals surface area contributed by atoms with Crippen LogP contribution in [0.4, 0.5) is 0 Å². The van der Waals surface area contributed by atoms with E-state index in [0.29, 0.717) is 12.4 Å². The smallest absolute Gasteiger partial charge is 0.331 e. The molecule has 136 valence electrons. The van der Waals surface area contributed by atoms with Gasteiger partial charge in [0.15, 0.2) is 0 Å². The van der Waals surface area contributed by atoms with Gasteiger partial charge in [-0.3, -0.25) is 10.5 Å². The summed E-state index contributed by atoms with van der Waals surface area (Å²) >= 11 is 0. The molecule has 1 saturated heterocycles. The van der Waals surface area contributed by atoms with Crippen LogP contribution in [-0.4, -0.2) is 42.9 Å². The van der Waals surface area contributed by atoms with E-state index in [4.69, 9.17) is 10.1 Å². The first-order chi connectivity index (χ1) is 10.6. The van der Waals surface area contributed by atoms with E-state index in [-0.39, 0.29) is 30.8 Å². The minimum Gasteiger partial charge on any atom is -1.00 e. The average molecular weight is 376 g/mol. The van der Waals surface area contributed by atoms with Gasteiger partial charge in [-0.25, -0.2) is 5.41 Å². The van der Waals surface area contributed by atoms with Crippen LogP contribution in [0.1, 0.15) is 31.7 Å². The number of nitrogens with two attached hydrogens (primary N) is 1. The molecule has 1 fully saturated rings. The lowest BCUT2D eigenvalue weighted by atomic mass is 9.72. The van der Waals surface area contributed by atoms with Crippen LogP contribution in [0.15, 0.2) is 30.3 Å². The molecule has 24 heavy (non-hydrogen) atoms.